The van der Waals surface area contributed by atoms with Crippen LogP contribution in [0.25, 0.3) is 0 Å². The van der Waals surface area contributed by atoms with Gasteiger partial charge in [0.25, 0.3) is 0 Å². The first-order valence-electron chi connectivity index (χ1n) is 7.14. The van der Waals surface area contributed by atoms with Gasteiger partial charge in [-0.3, -0.25) is 4.90 Å². The number of rotatable bonds is 5. The van der Waals surface area contributed by atoms with Crippen molar-refractivity contribution in [2.24, 2.45) is 11.8 Å². The first-order valence-corrected chi connectivity index (χ1v) is 7.14. The molecule has 2 heteroatoms. The Labute approximate surface area is 101 Å². The standard InChI is InChI=1S/C14H28N2/c1-11(2)13-6-8-16(9-7-13)12(3)10-15-14-4-5-14/h11-15H,4-10H2,1-3H3. The normalized spacial score (nSPS) is 26.2. The number of likely N-dealkylation sites (tertiary alicyclic amines) is 1. The molecule has 1 atom stereocenters. The highest BCUT2D eigenvalue weighted by Crippen LogP contribution is 2.25. The van der Waals surface area contributed by atoms with Gasteiger partial charge < -0.3 is 5.32 Å². The van der Waals surface area contributed by atoms with Crippen LogP contribution in [-0.4, -0.2) is 36.6 Å². The lowest BCUT2D eigenvalue weighted by molar-refractivity contribution is 0.120. The first kappa shape index (κ1) is 12.4. The van der Waals surface area contributed by atoms with Crippen LogP contribution in [0.4, 0.5) is 0 Å². The SMILES string of the molecule is CC(C)C1CCN(C(C)CNC2CC2)CC1. The Hall–Kier alpha value is -0.0800. The maximum Gasteiger partial charge on any atom is 0.0192 e. The van der Waals surface area contributed by atoms with Gasteiger partial charge in [-0.25, -0.2) is 0 Å². The van der Waals surface area contributed by atoms with Crippen LogP contribution in [-0.2, 0) is 0 Å². The van der Waals surface area contributed by atoms with Crippen molar-refractivity contribution in [3.05, 3.63) is 0 Å². The molecule has 1 unspecified atom stereocenters. The summed E-state index contributed by atoms with van der Waals surface area (Å²) in [4.78, 5) is 2.67. The van der Waals surface area contributed by atoms with Crippen LogP contribution >= 0.6 is 0 Å². The highest BCUT2D eigenvalue weighted by Gasteiger charge is 2.26. The van der Waals surface area contributed by atoms with Gasteiger partial charge in [-0.05, 0) is 57.5 Å². The quantitative estimate of drug-likeness (QED) is 0.772. The van der Waals surface area contributed by atoms with Gasteiger partial charge in [-0.1, -0.05) is 13.8 Å². The van der Waals surface area contributed by atoms with E-state index in [1.165, 1.54) is 45.3 Å². The maximum atomic E-state index is 3.65. The second-order valence-electron chi connectivity index (χ2n) is 6.15. The zero-order valence-electron chi connectivity index (χ0n) is 11.2. The lowest BCUT2D eigenvalue weighted by Gasteiger charge is -2.37. The molecule has 0 aromatic heterocycles. The Balaban J connectivity index is 1.66. The van der Waals surface area contributed by atoms with Crippen LogP contribution in [0.15, 0.2) is 0 Å². The molecule has 2 fully saturated rings. The fraction of sp³-hybridized carbons (Fsp3) is 1.00. The van der Waals surface area contributed by atoms with Crippen molar-refractivity contribution in [3.8, 4) is 0 Å². The Morgan fingerprint density at radius 3 is 2.19 bits per heavy atom. The fourth-order valence-electron chi connectivity index (χ4n) is 2.78. The van der Waals surface area contributed by atoms with Gasteiger partial charge in [-0.2, -0.15) is 0 Å². The summed E-state index contributed by atoms with van der Waals surface area (Å²) < 4.78 is 0. The van der Waals surface area contributed by atoms with Crippen LogP contribution in [0, 0.1) is 11.8 Å². The summed E-state index contributed by atoms with van der Waals surface area (Å²) >= 11 is 0. The van der Waals surface area contributed by atoms with Crippen molar-refractivity contribution in [3.63, 3.8) is 0 Å². The van der Waals surface area contributed by atoms with Crippen LogP contribution in [0.1, 0.15) is 46.5 Å². The van der Waals surface area contributed by atoms with Crippen LogP contribution in [0.3, 0.4) is 0 Å². The topological polar surface area (TPSA) is 15.3 Å². The van der Waals surface area contributed by atoms with Crippen molar-refractivity contribution in [1.82, 2.24) is 10.2 Å². The third-order valence-electron chi connectivity index (χ3n) is 4.42. The van der Waals surface area contributed by atoms with E-state index in [2.05, 4.69) is 31.0 Å². The lowest BCUT2D eigenvalue weighted by atomic mass is 9.86. The molecule has 1 heterocycles. The molecule has 94 valence electrons. The average Bonchev–Trinajstić information content (AvgIpc) is 3.10. The fourth-order valence-corrected chi connectivity index (χ4v) is 2.78. The van der Waals surface area contributed by atoms with E-state index >= 15 is 0 Å². The Bertz CT molecular complexity index is 203. The molecule has 0 radical (unpaired) electrons. The summed E-state index contributed by atoms with van der Waals surface area (Å²) in [6.07, 6.45) is 5.63. The second-order valence-corrected chi connectivity index (χ2v) is 6.15. The molecule has 1 aliphatic carbocycles. The molecular weight excluding hydrogens is 196 g/mol. The van der Waals surface area contributed by atoms with E-state index in [0.29, 0.717) is 0 Å². The van der Waals surface area contributed by atoms with Crippen molar-refractivity contribution in [2.45, 2.75) is 58.5 Å². The molecule has 2 nitrogen and oxygen atoms in total. The Kier molecular flexibility index (Phi) is 4.26. The highest BCUT2D eigenvalue weighted by atomic mass is 15.2. The number of hydrogen-bond acceptors (Lipinski definition) is 2. The van der Waals surface area contributed by atoms with E-state index < -0.39 is 0 Å². The summed E-state index contributed by atoms with van der Waals surface area (Å²) in [5.74, 6) is 1.85. The van der Waals surface area contributed by atoms with Crippen LogP contribution in [0.5, 0.6) is 0 Å². The highest BCUT2D eigenvalue weighted by molar-refractivity contribution is 4.84. The van der Waals surface area contributed by atoms with Gasteiger partial charge in [0.05, 0.1) is 0 Å². The minimum Gasteiger partial charge on any atom is -0.312 e. The molecular formula is C14H28N2. The molecule has 2 rings (SSSR count). The van der Waals surface area contributed by atoms with Gasteiger partial charge in [0.1, 0.15) is 0 Å². The summed E-state index contributed by atoms with van der Waals surface area (Å²) in [7, 11) is 0. The Morgan fingerprint density at radius 1 is 1.06 bits per heavy atom. The zero-order valence-corrected chi connectivity index (χ0v) is 11.2. The third-order valence-corrected chi connectivity index (χ3v) is 4.42. The molecule has 16 heavy (non-hydrogen) atoms. The van der Waals surface area contributed by atoms with Gasteiger partial charge in [0, 0.05) is 18.6 Å². The van der Waals surface area contributed by atoms with Gasteiger partial charge in [-0.15, -0.1) is 0 Å². The van der Waals surface area contributed by atoms with E-state index in [9.17, 15) is 0 Å². The number of piperidine rings is 1. The molecule has 1 saturated carbocycles. The van der Waals surface area contributed by atoms with Crippen LogP contribution in [0.2, 0.25) is 0 Å². The van der Waals surface area contributed by atoms with E-state index in [1.54, 1.807) is 0 Å². The molecule has 0 bridgehead atoms. The van der Waals surface area contributed by atoms with Crippen molar-refractivity contribution < 1.29 is 0 Å². The van der Waals surface area contributed by atoms with E-state index in [0.717, 1.165) is 23.9 Å². The summed E-state index contributed by atoms with van der Waals surface area (Å²) in [5, 5.41) is 3.65. The second kappa shape index (κ2) is 5.50. The molecule has 0 amide bonds. The molecule has 1 N–H and O–H groups in total. The summed E-state index contributed by atoms with van der Waals surface area (Å²) in [6, 6.07) is 1.59. The number of nitrogens with zero attached hydrogens (tertiary/aromatic N) is 1. The third kappa shape index (κ3) is 3.46. The van der Waals surface area contributed by atoms with Crippen molar-refractivity contribution in [2.75, 3.05) is 19.6 Å². The van der Waals surface area contributed by atoms with E-state index in [-0.39, 0.29) is 0 Å². The zero-order chi connectivity index (χ0) is 11.5. The van der Waals surface area contributed by atoms with Crippen LogP contribution < -0.4 is 5.32 Å². The van der Waals surface area contributed by atoms with Gasteiger partial charge >= 0.3 is 0 Å². The molecule has 1 aliphatic heterocycles. The van der Waals surface area contributed by atoms with E-state index in [4.69, 9.17) is 0 Å². The van der Waals surface area contributed by atoms with Gasteiger partial charge in [0.2, 0.25) is 0 Å². The molecule has 0 aromatic carbocycles. The summed E-state index contributed by atoms with van der Waals surface area (Å²) in [5.41, 5.74) is 0. The average molecular weight is 224 g/mol. The minimum atomic E-state index is 0.730. The smallest absolute Gasteiger partial charge is 0.0192 e. The first-order chi connectivity index (χ1) is 7.66. The molecule has 1 saturated heterocycles. The number of hydrogen-bond donors (Lipinski definition) is 1. The van der Waals surface area contributed by atoms with Crippen molar-refractivity contribution >= 4 is 0 Å². The predicted octanol–water partition coefficient (Wildman–Crippen LogP) is 2.49. The molecule has 2 aliphatic rings. The van der Waals surface area contributed by atoms with E-state index in [1.807, 2.05) is 0 Å². The lowest BCUT2D eigenvalue weighted by Crippen LogP contribution is -2.45. The molecule has 0 spiro atoms. The minimum absolute atomic E-state index is 0.730. The van der Waals surface area contributed by atoms with Crippen molar-refractivity contribution in [1.29, 1.82) is 0 Å². The maximum absolute atomic E-state index is 3.65. The Morgan fingerprint density at radius 2 is 1.69 bits per heavy atom. The summed E-state index contributed by atoms with van der Waals surface area (Å²) in [6.45, 7) is 11.0. The monoisotopic (exact) mass is 224 g/mol. The number of nitrogens with one attached hydrogen (secondary N) is 1. The molecule has 0 aromatic rings. The predicted molar refractivity (Wildman–Crippen MR) is 69.6 cm³/mol. The largest absolute Gasteiger partial charge is 0.312 e. The van der Waals surface area contributed by atoms with Gasteiger partial charge in [0.15, 0.2) is 0 Å².